The lowest BCUT2D eigenvalue weighted by Gasteiger charge is -2.07. The van der Waals surface area contributed by atoms with Crippen LogP contribution in [0, 0.1) is 0 Å². The van der Waals surface area contributed by atoms with E-state index in [0.29, 0.717) is 12.2 Å². The van der Waals surface area contributed by atoms with Gasteiger partial charge in [0.25, 0.3) is 5.91 Å². The van der Waals surface area contributed by atoms with Gasteiger partial charge >= 0.3 is 5.97 Å². The number of esters is 1. The summed E-state index contributed by atoms with van der Waals surface area (Å²) in [5, 5.41) is 2.73. The van der Waals surface area contributed by atoms with Crippen LogP contribution < -0.4 is 10.1 Å². The number of hydrogen-bond donors (Lipinski definition) is 1. The van der Waals surface area contributed by atoms with E-state index in [9.17, 15) is 14.4 Å². The number of nitrogens with one attached hydrogen (secondary N) is 1. The van der Waals surface area contributed by atoms with Crippen LogP contribution >= 0.6 is 0 Å². The van der Waals surface area contributed by atoms with Crippen molar-refractivity contribution >= 4 is 17.7 Å². The molecule has 0 heterocycles. The zero-order valence-electron chi connectivity index (χ0n) is 15.3. The first-order valence-corrected chi connectivity index (χ1v) is 9.29. The molecule has 2 rings (SSSR count). The first kappa shape index (κ1) is 19.9. The van der Waals surface area contributed by atoms with Crippen LogP contribution in [-0.4, -0.2) is 36.9 Å². The standard InChI is InChI=1S/C20H27NO5/c1-2-3-4-13-25-17-9-5-15(6-10-17)18(22)11-12-20(24)26-14-19(23)21-16-7-8-16/h5-6,9-10,16H,2-4,7-8,11-14H2,1H3,(H,21,23). The SMILES string of the molecule is CCCCCOc1ccc(C(=O)CCC(=O)OCC(=O)NC2CC2)cc1. The monoisotopic (exact) mass is 361 g/mol. The lowest BCUT2D eigenvalue weighted by atomic mass is 10.1. The van der Waals surface area contributed by atoms with Gasteiger partial charge in [0.05, 0.1) is 13.0 Å². The molecule has 6 nitrogen and oxygen atoms in total. The minimum absolute atomic E-state index is 0.0369. The number of carbonyl (C=O) groups excluding carboxylic acids is 3. The molecule has 0 aliphatic heterocycles. The summed E-state index contributed by atoms with van der Waals surface area (Å²) in [4.78, 5) is 35.2. The predicted octanol–water partition coefficient (Wildman–Crippen LogP) is 3.04. The maximum atomic E-state index is 12.1. The summed E-state index contributed by atoms with van der Waals surface area (Å²) in [7, 11) is 0. The van der Waals surface area contributed by atoms with Crippen molar-refractivity contribution in [3.05, 3.63) is 29.8 Å². The molecule has 26 heavy (non-hydrogen) atoms. The number of benzene rings is 1. The van der Waals surface area contributed by atoms with Crippen LogP contribution in [0.15, 0.2) is 24.3 Å². The summed E-state index contributed by atoms with van der Waals surface area (Å²) in [6.07, 6.45) is 5.27. The van der Waals surface area contributed by atoms with Crippen molar-refractivity contribution in [1.82, 2.24) is 5.32 Å². The zero-order valence-corrected chi connectivity index (χ0v) is 15.3. The minimum atomic E-state index is -0.542. The number of hydrogen-bond acceptors (Lipinski definition) is 5. The average Bonchev–Trinajstić information content (AvgIpc) is 3.46. The fourth-order valence-electron chi connectivity index (χ4n) is 2.35. The molecule has 1 amide bonds. The molecule has 142 valence electrons. The Morgan fingerprint density at radius 2 is 1.81 bits per heavy atom. The first-order chi connectivity index (χ1) is 12.6. The molecular weight excluding hydrogens is 334 g/mol. The van der Waals surface area contributed by atoms with E-state index in [2.05, 4.69) is 12.2 Å². The van der Waals surface area contributed by atoms with E-state index in [1.807, 2.05) is 0 Å². The molecule has 1 saturated carbocycles. The Kier molecular flexibility index (Phi) is 8.12. The predicted molar refractivity (Wildman–Crippen MR) is 97.2 cm³/mol. The fraction of sp³-hybridized carbons (Fsp3) is 0.550. The van der Waals surface area contributed by atoms with E-state index >= 15 is 0 Å². The van der Waals surface area contributed by atoms with Crippen LogP contribution in [0.5, 0.6) is 5.75 Å². The van der Waals surface area contributed by atoms with E-state index in [-0.39, 0.29) is 37.2 Å². The normalized spacial score (nSPS) is 13.1. The quantitative estimate of drug-likeness (QED) is 0.351. The van der Waals surface area contributed by atoms with E-state index in [1.54, 1.807) is 24.3 Å². The number of unbranched alkanes of at least 4 members (excludes halogenated alkanes) is 2. The highest BCUT2D eigenvalue weighted by molar-refractivity contribution is 5.97. The molecule has 0 atom stereocenters. The van der Waals surface area contributed by atoms with Gasteiger partial charge in [0, 0.05) is 18.0 Å². The summed E-state index contributed by atoms with van der Waals surface area (Å²) < 4.78 is 10.5. The minimum Gasteiger partial charge on any atom is -0.494 e. The Morgan fingerprint density at radius 1 is 1.08 bits per heavy atom. The lowest BCUT2D eigenvalue weighted by Crippen LogP contribution is -2.30. The molecule has 0 saturated heterocycles. The summed E-state index contributed by atoms with van der Waals surface area (Å²) in [6.45, 7) is 2.52. The zero-order chi connectivity index (χ0) is 18.8. The highest BCUT2D eigenvalue weighted by Crippen LogP contribution is 2.18. The third kappa shape index (κ3) is 7.68. The number of ether oxygens (including phenoxy) is 2. The molecular formula is C20H27NO5. The van der Waals surface area contributed by atoms with Gasteiger partial charge in [-0.3, -0.25) is 14.4 Å². The van der Waals surface area contributed by atoms with Gasteiger partial charge in [-0.05, 0) is 43.5 Å². The van der Waals surface area contributed by atoms with Crippen molar-refractivity contribution in [3.63, 3.8) is 0 Å². The highest BCUT2D eigenvalue weighted by Gasteiger charge is 2.23. The van der Waals surface area contributed by atoms with Gasteiger partial charge in [0.2, 0.25) is 0 Å². The lowest BCUT2D eigenvalue weighted by molar-refractivity contribution is -0.148. The number of Topliss-reactive ketones (excluding diaryl/α,β-unsaturated/α-hetero) is 1. The third-order valence-electron chi connectivity index (χ3n) is 4.06. The van der Waals surface area contributed by atoms with Crippen LogP contribution in [0.3, 0.4) is 0 Å². The van der Waals surface area contributed by atoms with Crippen molar-refractivity contribution in [2.75, 3.05) is 13.2 Å². The molecule has 1 aliphatic rings. The second-order valence-electron chi connectivity index (χ2n) is 6.51. The fourth-order valence-corrected chi connectivity index (χ4v) is 2.35. The van der Waals surface area contributed by atoms with E-state index in [1.165, 1.54) is 0 Å². The smallest absolute Gasteiger partial charge is 0.306 e. The van der Waals surface area contributed by atoms with Crippen molar-refractivity contribution < 1.29 is 23.9 Å². The van der Waals surface area contributed by atoms with E-state index < -0.39 is 5.97 Å². The van der Waals surface area contributed by atoms with Crippen LogP contribution in [0.4, 0.5) is 0 Å². The average molecular weight is 361 g/mol. The van der Waals surface area contributed by atoms with Crippen molar-refractivity contribution in [1.29, 1.82) is 0 Å². The maximum absolute atomic E-state index is 12.1. The van der Waals surface area contributed by atoms with Gasteiger partial charge in [-0.1, -0.05) is 19.8 Å². The summed E-state index contributed by atoms with van der Waals surface area (Å²) in [5.41, 5.74) is 0.533. The van der Waals surface area contributed by atoms with Crippen molar-refractivity contribution in [2.45, 2.75) is 57.9 Å². The van der Waals surface area contributed by atoms with Crippen LogP contribution in [0.2, 0.25) is 0 Å². The molecule has 1 aliphatic carbocycles. The van der Waals surface area contributed by atoms with Gasteiger partial charge in [-0.2, -0.15) is 0 Å². The van der Waals surface area contributed by atoms with E-state index in [4.69, 9.17) is 9.47 Å². The molecule has 0 bridgehead atoms. The highest BCUT2D eigenvalue weighted by atomic mass is 16.5. The molecule has 0 unspecified atom stereocenters. The van der Waals surface area contributed by atoms with Gasteiger partial charge in [0.1, 0.15) is 5.75 Å². The van der Waals surface area contributed by atoms with Gasteiger partial charge in [0.15, 0.2) is 12.4 Å². The van der Waals surface area contributed by atoms with Crippen LogP contribution in [0.1, 0.15) is 62.2 Å². The Labute approximate surface area is 154 Å². The second kappa shape index (κ2) is 10.6. The molecule has 1 aromatic rings. The molecule has 0 aromatic heterocycles. The molecule has 0 spiro atoms. The maximum Gasteiger partial charge on any atom is 0.306 e. The molecule has 1 fully saturated rings. The summed E-state index contributed by atoms with van der Waals surface area (Å²) in [5.74, 6) is -0.234. The Bertz CT molecular complexity index is 607. The summed E-state index contributed by atoms with van der Waals surface area (Å²) >= 11 is 0. The largest absolute Gasteiger partial charge is 0.494 e. The van der Waals surface area contributed by atoms with Crippen LogP contribution in [-0.2, 0) is 14.3 Å². The van der Waals surface area contributed by atoms with Crippen molar-refractivity contribution in [2.24, 2.45) is 0 Å². The first-order valence-electron chi connectivity index (χ1n) is 9.29. The Balaban J connectivity index is 1.64. The topological polar surface area (TPSA) is 81.7 Å². The van der Waals surface area contributed by atoms with Gasteiger partial charge in [-0.25, -0.2) is 0 Å². The Hall–Kier alpha value is -2.37. The number of rotatable bonds is 12. The second-order valence-corrected chi connectivity index (χ2v) is 6.51. The van der Waals surface area contributed by atoms with Crippen molar-refractivity contribution in [3.8, 4) is 5.75 Å². The third-order valence-corrected chi connectivity index (χ3v) is 4.06. The summed E-state index contributed by atoms with van der Waals surface area (Å²) in [6, 6.07) is 7.17. The number of amides is 1. The molecule has 0 radical (unpaired) electrons. The number of ketones is 1. The van der Waals surface area contributed by atoms with Crippen LogP contribution in [0.25, 0.3) is 0 Å². The molecule has 6 heteroatoms. The van der Waals surface area contributed by atoms with Gasteiger partial charge < -0.3 is 14.8 Å². The number of carbonyl (C=O) groups is 3. The Morgan fingerprint density at radius 3 is 2.46 bits per heavy atom. The molecule has 1 aromatic carbocycles. The molecule has 1 N–H and O–H groups in total. The van der Waals surface area contributed by atoms with Gasteiger partial charge in [-0.15, -0.1) is 0 Å². The van der Waals surface area contributed by atoms with E-state index in [0.717, 1.165) is 37.9 Å².